The molecule has 0 spiro atoms. The van der Waals surface area contributed by atoms with E-state index in [2.05, 4.69) is 10.3 Å². The van der Waals surface area contributed by atoms with Crippen LogP contribution in [0.25, 0.3) is 22.2 Å². The number of amides is 1. The summed E-state index contributed by atoms with van der Waals surface area (Å²) in [5.74, 6) is -0.612. The van der Waals surface area contributed by atoms with Crippen molar-refractivity contribution >= 4 is 38.2 Å². The molecule has 0 saturated carbocycles. The highest BCUT2D eigenvalue weighted by Gasteiger charge is 2.27. The second kappa shape index (κ2) is 9.09. The fraction of sp³-hybridized carbons (Fsp3) is 0.192. The molecule has 0 bridgehead atoms. The van der Waals surface area contributed by atoms with Crippen LogP contribution in [0.5, 0.6) is 0 Å². The number of benzene rings is 2. The number of nitrogens with one attached hydrogen (secondary N) is 1. The number of fused-ring (bicyclic) bond motifs is 1. The van der Waals surface area contributed by atoms with Crippen LogP contribution in [0, 0.1) is 13.8 Å². The Kier molecular flexibility index (Phi) is 5.96. The number of sulfonamides is 1. The predicted octanol–water partition coefficient (Wildman–Crippen LogP) is 4.29. The summed E-state index contributed by atoms with van der Waals surface area (Å²) in [5, 5.41) is 3.92. The summed E-state index contributed by atoms with van der Waals surface area (Å²) < 4.78 is 31.0. The van der Waals surface area contributed by atoms with Crippen molar-refractivity contribution in [2.45, 2.75) is 13.8 Å². The van der Waals surface area contributed by atoms with E-state index in [1.165, 1.54) is 4.31 Å². The second-order valence-electron chi connectivity index (χ2n) is 8.46. The molecule has 1 saturated heterocycles. The molecular weight excluding hydrogens is 464 g/mol. The number of anilines is 2. The van der Waals surface area contributed by atoms with Gasteiger partial charge in [-0.2, -0.15) is 0 Å². The standard InChI is InChI=1S/C26H24N4O4S/c1-17-3-5-20(14-23(17)25-8-4-19-15-27-10-9-24(19)29-25)28-26(31)22-7-6-21(13-18(22)2)30-11-12-34-16-35(30,32)33/h3-10,13-15H,11-12,16H2,1-2H3,(H,28,31). The van der Waals surface area contributed by atoms with Crippen LogP contribution >= 0.6 is 0 Å². The number of carbonyl (C=O) groups excluding carboxylic acids is 1. The number of carbonyl (C=O) groups is 1. The average Bonchev–Trinajstić information content (AvgIpc) is 2.84. The molecule has 0 atom stereocenters. The van der Waals surface area contributed by atoms with Gasteiger partial charge in [-0.05, 0) is 73.5 Å². The molecular formula is C26H24N4O4S. The number of rotatable bonds is 4. The van der Waals surface area contributed by atoms with Gasteiger partial charge in [-0.3, -0.25) is 14.1 Å². The van der Waals surface area contributed by atoms with Gasteiger partial charge in [0.25, 0.3) is 15.9 Å². The zero-order chi connectivity index (χ0) is 24.6. The molecule has 2 aromatic heterocycles. The van der Waals surface area contributed by atoms with Crippen LogP contribution in [-0.4, -0.2) is 43.4 Å². The van der Waals surface area contributed by atoms with Crippen molar-refractivity contribution < 1.29 is 17.9 Å². The van der Waals surface area contributed by atoms with Gasteiger partial charge in [-0.25, -0.2) is 13.4 Å². The van der Waals surface area contributed by atoms with Crippen LogP contribution < -0.4 is 9.62 Å². The topological polar surface area (TPSA) is 101 Å². The minimum atomic E-state index is -3.52. The zero-order valence-corrected chi connectivity index (χ0v) is 20.2. The lowest BCUT2D eigenvalue weighted by Crippen LogP contribution is -2.41. The van der Waals surface area contributed by atoms with Crippen LogP contribution in [0.2, 0.25) is 0 Å². The maximum Gasteiger partial charge on any atom is 0.259 e. The largest absolute Gasteiger partial charge is 0.362 e. The minimum Gasteiger partial charge on any atom is -0.362 e. The third-order valence-electron chi connectivity index (χ3n) is 6.01. The Morgan fingerprint density at radius 1 is 1.03 bits per heavy atom. The first-order valence-corrected chi connectivity index (χ1v) is 12.7. The van der Waals surface area contributed by atoms with Crippen molar-refractivity contribution in [2.24, 2.45) is 0 Å². The lowest BCUT2D eigenvalue weighted by molar-refractivity contribution is 0.102. The van der Waals surface area contributed by atoms with Gasteiger partial charge in [0.05, 0.1) is 30.0 Å². The van der Waals surface area contributed by atoms with Gasteiger partial charge >= 0.3 is 0 Å². The molecule has 0 radical (unpaired) electrons. The average molecular weight is 489 g/mol. The molecule has 1 amide bonds. The summed E-state index contributed by atoms with van der Waals surface area (Å²) in [6.45, 7) is 4.37. The monoisotopic (exact) mass is 488 g/mol. The predicted molar refractivity (Wildman–Crippen MR) is 136 cm³/mol. The van der Waals surface area contributed by atoms with Crippen LogP contribution in [0.3, 0.4) is 0 Å². The number of hydrogen-bond acceptors (Lipinski definition) is 6. The normalized spacial score (nSPS) is 15.2. The second-order valence-corrected chi connectivity index (χ2v) is 10.3. The number of pyridine rings is 2. The summed E-state index contributed by atoms with van der Waals surface area (Å²) in [6.07, 6.45) is 3.49. The van der Waals surface area contributed by atoms with Crippen LogP contribution in [-0.2, 0) is 14.8 Å². The third kappa shape index (κ3) is 4.60. The number of ether oxygens (including phenoxy) is 1. The number of hydrogen-bond donors (Lipinski definition) is 1. The van der Waals surface area contributed by atoms with Gasteiger partial charge in [0.1, 0.15) is 0 Å². The molecule has 5 rings (SSSR count). The Balaban J connectivity index is 1.40. The Morgan fingerprint density at radius 3 is 2.69 bits per heavy atom. The third-order valence-corrected chi connectivity index (χ3v) is 7.54. The number of aromatic nitrogens is 2. The molecule has 0 aliphatic carbocycles. The molecule has 4 aromatic rings. The summed E-state index contributed by atoms with van der Waals surface area (Å²) >= 11 is 0. The Hall–Kier alpha value is -3.82. The van der Waals surface area contributed by atoms with Crippen molar-refractivity contribution in [3.05, 3.63) is 83.7 Å². The Morgan fingerprint density at radius 2 is 1.89 bits per heavy atom. The zero-order valence-electron chi connectivity index (χ0n) is 19.4. The molecule has 9 heteroatoms. The summed E-state index contributed by atoms with van der Waals surface area (Å²) in [6, 6.07) is 16.5. The highest BCUT2D eigenvalue weighted by molar-refractivity contribution is 7.92. The van der Waals surface area contributed by atoms with E-state index in [-0.39, 0.29) is 18.4 Å². The first-order valence-electron chi connectivity index (χ1n) is 11.1. The molecule has 1 fully saturated rings. The molecule has 2 aromatic carbocycles. The van der Waals surface area contributed by atoms with E-state index >= 15 is 0 Å². The quantitative estimate of drug-likeness (QED) is 0.460. The molecule has 178 valence electrons. The fourth-order valence-electron chi connectivity index (χ4n) is 4.15. The van der Waals surface area contributed by atoms with Gasteiger partial charge in [0.15, 0.2) is 5.94 Å². The molecule has 1 aliphatic heterocycles. The lowest BCUT2D eigenvalue weighted by atomic mass is 10.0. The van der Waals surface area contributed by atoms with E-state index in [0.717, 1.165) is 27.7 Å². The van der Waals surface area contributed by atoms with Crippen molar-refractivity contribution in [2.75, 3.05) is 28.7 Å². The van der Waals surface area contributed by atoms with Gasteiger partial charge < -0.3 is 10.1 Å². The van der Waals surface area contributed by atoms with E-state index in [1.54, 1.807) is 37.5 Å². The van der Waals surface area contributed by atoms with Crippen molar-refractivity contribution in [1.82, 2.24) is 9.97 Å². The fourth-order valence-corrected chi connectivity index (χ4v) is 5.39. The molecule has 1 N–H and O–H groups in total. The lowest BCUT2D eigenvalue weighted by Gasteiger charge is -2.28. The van der Waals surface area contributed by atoms with Gasteiger partial charge in [-0.1, -0.05) is 6.07 Å². The van der Waals surface area contributed by atoms with E-state index in [1.807, 2.05) is 43.3 Å². The molecule has 35 heavy (non-hydrogen) atoms. The van der Waals surface area contributed by atoms with Crippen molar-refractivity contribution in [1.29, 1.82) is 0 Å². The van der Waals surface area contributed by atoms with Crippen molar-refractivity contribution in [3.63, 3.8) is 0 Å². The van der Waals surface area contributed by atoms with Crippen LogP contribution in [0.4, 0.5) is 11.4 Å². The molecule has 1 aliphatic rings. The van der Waals surface area contributed by atoms with E-state index in [4.69, 9.17) is 9.72 Å². The van der Waals surface area contributed by atoms with Gasteiger partial charge in [-0.15, -0.1) is 0 Å². The van der Waals surface area contributed by atoms with Gasteiger partial charge in [0, 0.05) is 34.6 Å². The first-order chi connectivity index (χ1) is 16.8. The highest BCUT2D eigenvalue weighted by atomic mass is 32.2. The van der Waals surface area contributed by atoms with E-state index < -0.39 is 10.0 Å². The van der Waals surface area contributed by atoms with Crippen LogP contribution in [0.1, 0.15) is 21.5 Å². The first kappa shape index (κ1) is 22.9. The summed E-state index contributed by atoms with van der Waals surface area (Å²) in [4.78, 5) is 22.0. The molecule has 0 unspecified atom stereocenters. The van der Waals surface area contributed by atoms with Crippen molar-refractivity contribution in [3.8, 4) is 11.3 Å². The smallest absolute Gasteiger partial charge is 0.259 e. The van der Waals surface area contributed by atoms with E-state index in [0.29, 0.717) is 29.1 Å². The minimum absolute atomic E-state index is 0.249. The summed E-state index contributed by atoms with van der Waals surface area (Å²) in [7, 11) is -3.52. The number of aryl methyl sites for hydroxylation is 2. The van der Waals surface area contributed by atoms with Crippen LogP contribution in [0.15, 0.2) is 67.0 Å². The van der Waals surface area contributed by atoms with E-state index in [9.17, 15) is 13.2 Å². The maximum atomic E-state index is 13.1. The maximum absolute atomic E-state index is 13.1. The Bertz CT molecular complexity index is 1550. The van der Waals surface area contributed by atoms with Gasteiger partial charge in [0.2, 0.25) is 0 Å². The summed E-state index contributed by atoms with van der Waals surface area (Å²) in [5.41, 5.74) is 5.94. The molecule has 3 heterocycles. The number of nitrogens with zero attached hydrogens (tertiary/aromatic N) is 3. The highest BCUT2D eigenvalue weighted by Crippen LogP contribution is 2.28. The Labute approximate surface area is 203 Å². The SMILES string of the molecule is Cc1cc(N2CCOCS2(=O)=O)ccc1C(=O)Nc1ccc(C)c(-c2ccc3cnccc3n2)c1. The molecule has 8 nitrogen and oxygen atoms in total.